The molecular weight excluding hydrogens is 354 g/mol. The van der Waals surface area contributed by atoms with Crippen molar-refractivity contribution >= 4 is 29.1 Å². The van der Waals surface area contributed by atoms with Gasteiger partial charge in [0.05, 0.1) is 37.3 Å². The number of benzene rings is 2. The summed E-state index contributed by atoms with van der Waals surface area (Å²) in [5.41, 5.74) is 3.96. The van der Waals surface area contributed by atoms with Crippen LogP contribution in [-0.2, 0) is 9.53 Å². The Labute approximate surface area is 164 Å². The molecule has 0 spiro atoms. The highest BCUT2D eigenvalue weighted by atomic mass is 16.5. The zero-order valence-corrected chi connectivity index (χ0v) is 16.1. The molecule has 4 rings (SSSR count). The summed E-state index contributed by atoms with van der Waals surface area (Å²) in [5, 5.41) is 5.87. The summed E-state index contributed by atoms with van der Waals surface area (Å²) in [4.78, 5) is 15.2. The number of nitrogens with zero attached hydrogens (tertiary/aromatic N) is 3. The quantitative estimate of drug-likeness (QED) is 0.767. The molecule has 2 aromatic rings. The lowest BCUT2D eigenvalue weighted by atomic mass is 10.1. The van der Waals surface area contributed by atoms with Crippen LogP contribution in [0.4, 0.5) is 11.4 Å². The Morgan fingerprint density at radius 2 is 1.82 bits per heavy atom. The Bertz CT molecular complexity index is 931. The lowest BCUT2D eigenvalue weighted by Crippen LogP contribution is -2.36. The maximum Gasteiger partial charge on any atom is 0.280 e. The Morgan fingerprint density at radius 1 is 1.07 bits per heavy atom. The zero-order chi connectivity index (χ0) is 19.5. The monoisotopic (exact) mass is 377 g/mol. The van der Waals surface area contributed by atoms with E-state index >= 15 is 0 Å². The van der Waals surface area contributed by atoms with Crippen molar-refractivity contribution in [1.82, 2.24) is 0 Å². The number of methoxy groups -OCH3 is 1. The second-order valence-electron chi connectivity index (χ2n) is 6.72. The second-order valence-corrected chi connectivity index (χ2v) is 6.72. The number of hydrogen-bond acceptors (Lipinski definition) is 5. The number of anilines is 2. The fourth-order valence-corrected chi connectivity index (χ4v) is 3.42. The summed E-state index contributed by atoms with van der Waals surface area (Å²) < 4.78 is 11.0. The van der Waals surface area contributed by atoms with Crippen LogP contribution in [-0.4, -0.2) is 45.0 Å². The molecule has 1 amide bonds. The Kier molecular flexibility index (Phi) is 5.12. The van der Waals surface area contributed by atoms with Crippen molar-refractivity contribution < 1.29 is 14.3 Å². The van der Waals surface area contributed by atoms with Crippen molar-refractivity contribution in [3.63, 3.8) is 0 Å². The molecule has 6 heteroatoms. The number of morpholine rings is 1. The third kappa shape index (κ3) is 3.51. The van der Waals surface area contributed by atoms with E-state index in [0.29, 0.717) is 11.3 Å². The summed E-state index contributed by atoms with van der Waals surface area (Å²) in [6.45, 7) is 5.03. The average molecular weight is 377 g/mol. The predicted octanol–water partition coefficient (Wildman–Crippen LogP) is 3.34. The summed E-state index contributed by atoms with van der Waals surface area (Å²) in [5.74, 6) is 0.596. The highest BCUT2D eigenvalue weighted by Gasteiger charge is 2.29. The van der Waals surface area contributed by atoms with Gasteiger partial charge in [-0.15, -0.1) is 0 Å². The normalized spacial score (nSPS) is 18.6. The Hall–Kier alpha value is -3.12. The predicted molar refractivity (Wildman–Crippen MR) is 111 cm³/mol. The molecule has 1 fully saturated rings. The lowest BCUT2D eigenvalue weighted by Gasteiger charge is -2.29. The van der Waals surface area contributed by atoms with Crippen molar-refractivity contribution in [1.29, 1.82) is 0 Å². The number of carbonyl (C=O) groups is 1. The SMILES string of the molecule is COc1cc(N2CCOCC2)ccc1/C=C1/C(=O)N(c2ccccc2)N=C1C. The van der Waals surface area contributed by atoms with Crippen LogP contribution in [0.25, 0.3) is 6.08 Å². The minimum absolute atomic E-state index is 0.136. The molecule has 0 atom stereocenters. The first-order chi connectivity index (χ1) is 13.7. The molecular formula is C22H23N3O3. The number of hydrazone groups is 1. The van der Waals surface area contributed by atoms with E-state index in [2.05, 4.69) is 16.1 Å². The van der Waals surface area contributed by atoms with Crippen LogP contribution in [0.15, 0.2) is 59.2 Å². The zero-order valence-electron chi connectivity index (χ0n) is 16.1. The average Bonchev–Trinajstić information content (AvgIpc) is 3.03. The van der Waals surface area contributed by atoms with Gasteiger partial charge in [0.15, 0.2) is 0 Å². The van der Waals surface area contributed by atoms with Crippen LogP contribution in [0.1, 0.15) is 12.5 Å². The maximum atomic E-state index is 12.9. The molecule has 0 unspecified atom stereocenters. The smallest absolute Gasteiger partial charge is 0.280 e. The van der Waals surface area contributed by atoms with Crippen molar-refractivity contribution in [3.8, 4) is 5.75 Å². The van der Waals surface area contributed by atoms with Gasteiger partial charge in [-0.25, -0.2) is 0 Å². The van der Waals surface area contributed by atoms with Gasteiger partial charge in [0, 0.05) is 30.4 Å². The topological polar surface area (TPSA) is 54.4 Å². The van der Waals surface area contributed by atoms with Crippen LogP contribution in [0.5, 0.6) is 5.75 Å². The van der Waals surface area contributed by atoms with Crippen molar-refractivity contribution in [2.45, 2.75) is 6.92 Å². The van der Waals surface area contributed by atoms with E-state index in [4.69, 9.17) is 9.47 Å². The summed E-state index contributed by atoms with van der Waals surface area (Å²) in [6.07, 6.45) is 1.85. The van der Waals surface area contributed by atoms with E-state index in [9.17, 15) is 4.79 Å². The van der Waals surface area contributed by atoms with Gasteiger partial charge in [0.25, 0.3) is 5.91 Å². The van der Waals surface area contributed by atoms with E-state index in [1.54, 1.807) is 7.11 Å². The first-order valence-corrected chi connectivity index (χ1v) is 9.35. The molecule has 2 aliphatic heterocycles. The van der Waals surface area contributed by atoms with Gasteiger partial charge >= 0.3 is 0 Å². The van der Waals surface area contributed by atoms with E-state index in [1.807, 2.05) is 55.5 Å². The molecule has 28 heavy (non-hydrogen) atoms. The van der Waals surface area contributed by atoms with E-state index < -0.39 is 0 Å². The van der Waals surface area contributed by atoms with Crippen LogP contribution in [0.2, 0.25) is 0 Å². The van der Waals surface area contributed by atoms with Crippen molar-refractivity contribution in [2.75, 3.05) is 43.3 Å². The third-order valence-corrected chi connectivity index (χ3v) is 4.96. The van der Waals surface area contributed by atoms with Crippen LogP contribution in [0.3, 0.4) is 0 Å². The highest BCUT2D eigenvalue weighted by molar-refractivity contribution is 6.32. The Balaban J connectivity index is 1.63. The van der Waals surface area contributed by atoms with Gasteiger partial charge in [0.1, 0.15) is 5.75 Å². The van der Waals surface area contributed by atoms with Gasteiger partial charge in [0.2, 0.25) is 0 Å². The van der Waals surface area contributed by atoms with Crippen LogP contribution in [0, 0.1) is 0 Å². The van der Waals surface area contributed by atoms with Gasteiger partial charge in [-0.2, -0.15) is 10.1 Å². The fourth-order valence-electron chi connectivity index (χ4n) is 3.42. The minimum atomic E-state index is -0.136. The van der Waals surface area contributed by atoms with Crippen molar-refractivity contribution in [2.24, 2.45) is 5.10 Å². The standard InChI is InChI=1S/C22H23N3O3/c1-16-20(22(26)25(23-16)18-6-4-3-5-7-18)14-17-8-9-19(15-21(17)27-2)24-10-12-28-13-11-24/h3-9,14-15H,10-13H2,1-2H3/b20-14+. The second kappa shape index (κ2) is 7.86. The molecule has 0 bridgehead atoms. The van der Waals surface area contributed by atoms with Gasteiger partial charge in [-0.05, 0) is 37.3 Å². The highest BCUT2D eigenvalue weighted by Crippen LogP contribution is 2.30. The first-order valence-electron chi connectivity index (χ1n) is 9.35. The number of carbonyl (C=O) groups excluding carboxylic acids is 1. The summed E-state index contributed by atoms with van der Waals surface area (Å²) >= 11 is 0. The molecule has 2 aliphatic rings. The van der Waals surface area contributed by atoms with Crippen LogP contribution >= 0.6 is 0 Å². The van der Waals surface area contributed by atoms with E-state index in [0.717, 1.165) is 49.0 Å². The summed E-state index contributed by atoms with van der Waals surface area (Å²) in [6, 6.07) is 15.5. The first kappa shape index (κ1) is 18.3. The number of rotatable bonds is 4. The van der Waals surface area contributed by atoms with Gasteiger partial charge in [-0.1, -0.05) is 18.2 Å². The molecule has 2 aromatic carbocycles. The van der Waals surface area contributed by atoms with Crippen LogP contribution < -0.4 is 14.6 Å². The minimum Gasteiger partial charge on any atom is -0.496 e. The molecule has 0 saturated carbocycles. The molecule has 0 radical (unpaired) electrons. The maximum absolute atomic E-state index is 12.9. The molecule has 2 heterocycles. The number of hydrogen-bond donors (Lipinski definition) is 0. The molecule has 1 saturated heterocycles. The molecule has 6 nitrogen and oxygen atoms in total. The molecule has 0 aliphatic carbocycles. The molecule has 0 N–H and O–H groups in total. The van der Waals surface area contributed by atoms with Gasteiger partial charge < -0.3 is 14.4 Å². The third-order valence-electron chi connectivity index (χ3n) is 4.96. The largest absolute Gasteiger partial charge is 0.496 e. The van der Waals surface area contributed by atoms with Crippen molar-refractivity contribution in [3.05, 3.63) is 59.7 Å². The number of ether oxygens (including phenoxy) is 2. The van der Waals surface area contributed by atoms with E-state index in [1.165, 1.54) is 5.01 Å². The Morgan fingerprint density at radius 3 is 2.54 bits per heavy atom. The molecule has 0 aromatic heterocycles. The number of para-hydroxylation sites is 1. The molecule has 144 valence electrons. The summed E-state index contributed by atoms with van der Waals surface area (Å²) in [7, 11) is 1.65. The van der Waals surface area contributed by atoms with Gasteiger partial charge in [-0.3, -0.25) is 4.79 Å². The lowest BCUT2D eigenvalue weighted by molar-refractivity contribution is -0.114. The number of amides is 1. The van der Waals surface area contributed by atoms with E-state index in [-0.39, 0.29) is 5.91 Å². The fraction of sp³-hybridized carbons (Fsp3) is 0.273.